The van der Waals surface area contributed by atoms with E-state index in [1.54, 1.807) is 24.3 Å². The SMILES string of the molecule is COc1ccc(C(=O)Nc2ccccc2)cc1N=NN(C)CCS(=O)(=O)O. The lowest BCUT2D eigenvalue weighted by molar-refractivity contribution is 0.102. The molecule has 1 amide bonds. The molecule has 2 aromatic carbocycles. The molecule has 0 saturated carbocycles. The van der Waals surface area contributed by atoms with Crippen LogP contribution >= 0.6 is 0 Å². The normalized spacial score (nSPS) is 11.4. The fourth-order valence-corrected chi connectivity index (χ4v) is 2.55. The van der Waals surface area contributed by atoms with Crippen LogP contribution in [0, 0.1) is 0 Å². The summed E-state index contributed by atoms with van der Waals surface area (Å²) in [5, 5.41) is 11.9. The van der Waals surface area contributed by atoms with E-state index < -0.39 is 15.9 Å². The Balaban J connectivity index is 2.14. The predicted octanol–water partition coefficient (Wildman–Crippen LogP) is 2.77. The molecular formula is C17H20N4O5S. The Morgan fingerprint density at radius 2 is 1.93 bits per heavy atom. The van der Waals surface area contributed by atoms with Crippen molar-refractivity contribution in [2.75, 3.05) is 31.8 Å². The molecular weight excluding hydrogens is 372 g/mol. The van der Waals surface area contributed by atoms with Crippen molar-refractivity contribution in [3.63, 3.8) is 0 Å². The zero-order valence-electron chi connectivity index (χ0n) is 14.9. The lowest BCUT2D eigenvalue weighted by atomic mass is 10.1. The Morgan fingerprint density at radius 3 is 2.56 bits per heavy atom. The number of para-hydroxylation sites is 1. The van der Waals surface area contributed by atoms with Crippen molar-refractivity contribution in [2.45, 2.75) is 0 Å². The number of anilines is 1. The third-order valence-electron chi connectivity index (χ3n) is 3.45. The quantitative estimate of drug-likeness (QED) is 0.405. The summed E-state index contributed by atoms with van der Waals surface area (Å²) >= 11 is 0. The highest BCUT2D eigenvalue weighted by atomic mass is 32.2. The van der Waals surface area contributed by atoms with Gasteiger partial charge in [-0.15, -0.1) is 5.11 Å². The van der Waals surface area contributed by atoms with Gasteiger partial charge in [0.05, 0.1) is 19.4 Å². The predicted molar refractivity (Wildman–Crippen MR) is 101 cm³/mol. The Hall–Kier alpha value is -2.98. The number of nitrogens with zero attached hydrogens (tertiary/aromatic N) is 3. The smallest absolute Gasteiger partial charge is 0.266 e. The number of hydrogen-bond acceptors (Lipinski definition) is 6. The van der Waals surface area contributed by atoms with Gasteiger partial charge in [0.15, 0.2) is 0 Å². The van der Waals surface area contributed by atoms with E-state index in [-0.39, 0.29) is 12.5 Å². The van der Waals surface area contributed by atoms with E-state index >= 15 is 0 Å². The van der Waals surface area contributed by atoms with Crippen molar-refractivity contribution in [2.24, 2.45) is 10.3 Å². The number of nitrogens with one attached hydrogen (secondary N) is 1. The zero-order chi connectivity index (χ0) is 19.9. The third-order valence-corrected chi connectivity index (χ3v) is 4.15. The van der Waals surface area contributed by atoms with Gasteiger partial charge in [0.2, 0.25) is 0 Å². The number of rotatable bonds is 8. The molecule has 0 aliphatic rings. The van der Waals surface area contributed by atoms with Gasteiger partial charge in [0.1, 0.15) is 11.4 Å². The molecule has 0 unspecified atom stereocenters. The Labute approximate surface area is 157 Å². The maximum atomic E-state index is 12.4. The molecule has 0 fully saturated rings. The minimum Gasteiger partial charge on any atom is -0.494 e. The largest absolute Gasteiger partial charge is 0.494 e. The summed E-state index contributed by atoms with van der Waals surface area (Å²) in [6.07, 6.45) is 0. The van der Waals surface area contributed by atoms with Crippen LogP contribution in [-0.4, -0.2) is 50.3 Å². The van der Waals surface area contributed by atoms with Crippen molar-refractivity contribution in [3.8, 4) is 5.75 Å². The van der Waals surface area contributed by atoms with Crippen LogP contribution in [0.15, 0.2) is 58.9 Å². The molecule has 144 valence electrons. The molecule has 9 nitrogen and oxygen atoms in total. The zero-order valence-corrected chi connectivity index (χ0v) is 15.7. The van der Waals surface area contributed by atoms with E-state index in [0.29, 0.717) is 22.7 Å². The second-order valence-electron chi connectivity index (χ2n) is 5.56. The molecule has 27 heavy (non-hydrogen) atoms. The van der Waals surface area contributed by atoms with Crippen LogP contribution < -0.4 is 10.1 Å². The van der Waals surface area contributed by atoms with Gasteiger partial charge in [-0.1, -0.05) is 23.4 Å². The van der Waals surface area contributed by atoms with E-state index in [4.69, 9.17) is 9.29 Å². The molecule has 10 heteroatoms. The number of amides is 1. The molecule has 0 aromatic heterocycles. The first-order valence-electron chi connectivity index (χ1n) is 7.91. The van der Waals surface area contributed by atoms with E-state index in [2.05, 4.69) is 15.7 Å². The van der Waals surface area contributed by atoms with Crippen molar-refractivity contribution in [1.82, 2.24) is 5.01 Å². The first-order chi connectivity index (χ1) is 12.8. The summed E-state index contributed by atoms with van der Waals surface area (Å²) in [5.74, 6) is -0.391. The number of carbonyl (C=O) groups excluding carboxylic acids is 1. The molecule has 0 spiro atoms. The highest BCUT2D eigenvalue weighted by Gasteiger charge is 2.11. The second kappa shape index (κ2) is 9.10. The number of methoxy groups -OCH3 is 1. The van der Waals surface area contributed by atoms with Gasteiger partial charge in [0, 0.05) is 18.3 Å². The summed E-state index contributed by atoms with van der Waals surface area (Å²) in [5.41, 5.74) is 1.32. The maximum absolute atomic E-state index is 12.4. The topological polar surface area (TPSA) is 121 Å². The van der Waals surface area contributed by atoms with Crippen LogP contribution in [0.1, 0.15) is 10.4 Å². The fourth-order valence-electron chi connectivity index (χ4n) is 2.05. The van der Waals surface area contributed by atoms with Gasteiger partial charge in [-0.25, -0.2) is 0 Å². The van der Waals surface area contributed by atoms with Gasteiger partial charge in [-0.3, -0.25) is 14.4 Å². The summed E-state index contributed by atoms with van der Waals surface area (Å²) in [4.78, 5) is 12.4. The van der Waals surface area contributed by atoms with Crippen molar-refractivity contribution >= 4 is 27.4 Å². The van der Waals surface area contributed by atoms with E-state index in [0.717, 1.165) is 0 Å². The number of carbonyl (C=O) groups is 1. The number of hydrogen-bond donors (Lipinski definition) is 2. The van der Waals surface area contributed by atoms with E-state index in [1.807, 2.05) is 18.2 Å². The van der Waals surface area contributed by atoms with Crippen LogP contribution in [0.3, 0.4) is 0 Å². The Morgan fingerprint density at radius 1 is 1.22 bits per heavy atom. The number of ether oxygens (including phenoxy) is 1. The summed E-state index contributed by atoms with van der Waals surface area (Å²) in [6, 6.07) is 13.7. The van der Waals surface area contributed by atoms with E-state index in [9.17, 15) is 13.2 Å². The van der Waals surface area contributed by atoms with Crippen molar-refractivity contribution in [3.05, 3.63) is 54.1 Å². The van der Waals surface area contributed by atoms with Gasteiger partial charge >= 0.3 is 0 Å². The second-order valence-corrected chi connectivity index (χ2v) is 7.14. The fraction of sp³-hybridized carbons (Fsp3) is 0.235. The van der Waals surface area contributed by atoms with Gasteiger partial charge in [-0.2, -0.15) is 8.42 Å². The summed E-state index contributed by atoms with van der Waals surface area (Å²) in [6.45, 7) is -0.0428. The lowest BCUT2D eigenvalue weighted by Gasteiger charge is -2.11. The number of benzene rings is 2. The van der Waals surface area contributed by atoms with Crippen LogP contribution in [0.2, 0.25) is 0 Å². The van der Waals surface area contributed by atoms with Gasteiger partial charge < -0.3 is 10.1 Å². The van der Waals surface area contributed by atoms with Crippen LogP contribution in [-0.2, 0) is 10.1 Å². The van der Waals surface area contributed by atoms with Crippen LogP contribution in [0.4, 0.5) is 11.4 Å². The first kappa shape index (κ1) is 20.3. The molecule has 0 radical (unpaired) electrons. The first-order valence-corrected chi connectivity index (χ1v) is 9.52. The lowest BCUT2D eigenvalue weighted by Crippen LogP contribution is -2.20. The molecule has 0 atom stereocenters. The monoisotopic (exact) mass is 392 g/mol. The Kier molecular flexibility index (Phi) is 6.85. The molecule has 0 bridgehead atoms. The van der Waals surface area contributed by atoms with Crippen LogP contribution in [0.25, 0.3) is 0 Å². The maximum Gasteiger partial charge on any atom is 0.266 e. The molecule has 0 aliphatic carbocycles. The summed E-state index contributed by atoms with van der Waals surface area (Å²) in [7, 11) is -1.12. The molecule has 2 rings (SSSR count). The third kappa shape index (κ3) is 6.68. The minimum absolute atomic E-state index is 0.0428. The van der Waals surface area contributed by atoms with E-state index in [1.165, 1.54) is 25.2 Å². The highest BCUT2D eigenvalue weighted by molar-refractivity contribution is 7.85. The molecule has 0 heterocycles. The van der Waals surface area contributed by atoms with Gasteiger partial charge in [0.25, 0.3) is 16.0 Å². The average molecular weight is 392 g/mol. The average Bonchev–Trinajstić information content (AvgIpc) is 2.64. The molecule has 0 aliphatic heterocycles. The van der Waals surface area contributed by atoms with Crippen molar-refractivity contribution in [1.29, 1.82) is 0 Å². The van der Waals surface area contributed by atoms with Crippen LogP contribution in [0.5, 0.6) is 5.75 Å². The van der Waals surface area contributed by atoms with Crippen molar-refractivity contribution < 1.29 is 22.5 Å². The summed E-state index contributed by atoms with van der Waals surface area (Å²) < 4.78 is 35.5. The molecule has 2 N–H and O–H groups in total. The standard InChI is InChI=1S/C17H20N4O5S/c1-21(10-11-27(23,24)25)20-19-15-12-13(8-9-16(15)26-2)17(22)18-14-6-4-3-5-7-14/h3-9,12H,10-11H2,1-2H3,(H,18,22)(H,23,24,25). The highest BCUT2D eigenvalue weighted by Crippen LogP contribution is 2.29. The van der Waals surface area contributed by atoms with Gasteiger partial charge in [-0.05, 0) is 30.3 Å². The molecule has 2 aromatic rings. The molecule has 0 saturated heterocycles. The Bertz CT molecular complexity index is 916. The minimum atomic E-state index is -4.08.